The smallest absolute Gasteiger partial charge is 0.119 e. The molecule has 0 radical (unpaired) electrons. The predicted octanol–water partition coefficient (Wildman–Crippen LogP) is 4.30. The van der Waals surface area contributed by atoms with Gasteiger partial charge < -0.3 is 14.8 Å². The van der Waals surface area contributed by atoms with Gasteiger partial charge in [-0.05, 0) is 37.0 Å². The lowest BCUT2D eigenvalue weighted by atomic mass is 10.2. The fourth-order valence-corrected chi connectivity index (χ4v) is 2.78. The summed E-state index contributed by atoms with van der Waals surface area (Å²) >= 11 is 0. The Morgan fingerprint density at radius 1 is 1.14 bits per heavy atom. The molecule has 3 nitrogen and oxygen atoms in total. The van der Waals surface area contributed by atoms with E-state index in [0.29, 0.717) is 6.10 Å². The highest BCUT2D eigenvalue weighted by molar-refractivity contribution is 5.27. The van der Waals surface area contributed by atoms with E-state index < -0.39 is 0 Å². The molecule has 22 heavy (non-hydrogen) atoms. The first-order valence-corrected chi connectivity index (χ1v) is 8.92. The van der Waals surface area contributed by atoms with Crippen LogP contribution in [-0.4, -0.2) is 25.9 Å². The molecule has 1 atom stereocenters. The number of hydrogen-bond acceptors (Lipinski definition) is 3. The molecule has 1 aliphatic heterocycles. The second kappa shape index (κ2) is 10.6. The van der Waals surface area contributed by atoms with E-state index >= 15 is 0 Å². The average Bonchev–Trinajstić information content (AvgIpc) is 3.05. The minimum Gasteiger partial charge on any atom is -0.494 e. The number of rotatable bonds is 11. The Kier molecular flexibility index (Phi) is 8.36. The molecule has 1 aromatic rings. The molecular weight excluding hydrogens is 274 g/mol. The summed E-state index contributed by atoms with van der Waals surface area (Å²) in [4.78, 5) is 0. The highest BCUT2D eigenvalue weighted by atomic mass is 16.5. The van der Waals surface area contributed by atoms with Crippen LogP contribution in [0.2, 0.25) is 0 Å². The second-order valence-electron chi connectivity index (χ2n) is 6.17. The number of nitrogens with one attached hydrogen (secondary N) is 1. The van der Waals surface area contributed by atoms with Gasteiger partial charge in [0.25, 0.3) is 0 Å². The SMILES string of the molecule is CCCCCCCOc1ccc(CNC[C@@H]2CCCO2)cc1. The lowest BCUT2D eigenvalue weighted by molar-refractivity contribution is 0.110. The van der Waals surface area contributed by atoms with Gasteiger partial charge in [-0.3, -0.25) is 0 Å². The first-order valence-electron chi connectivity index (χ1n) is 8.92. The van der Waals surface area contributed by atoms with E-state index in [0.717, 1.165) is 38.5 Å². The van der Waals surface area contributed by atoms with Crippen molar-refractivity contribution in [1.82, 2.24) is 5.32 Å². The van der Waals surface area contributed by atoms with Crippen molar-refractivity contribution in [1.29, 1.82) is 0 Å². The van der Waals surface area contributed by atoms with Crippen molar-refractivity contribution in [2.24, 2.45) is 0 Å². The highest BCUT2D eigenvalue weighted by Gasteiger charge is 2.14. The molecule has 1 N–H and O–H groups in total. The van der Waals surface area contributed by atoms with Crippen LogP contribution in [0.4, 0.5) is 0 Å². The molecule has 2 rings (SSSR count). The van der Waals surface area contributed by atoms with Gasteiger partial charge in [0.1, 0.15) is 5.75 Å². The summed E-state index contributed by atoms with van der Waals surface area (Å²) in [5, 5.41) is 3.47. The van der Waals surface area contributed by atoms with Gasteiger partial charge >= 0.3 is 0 Å². The summed E-state index contributed by atoms with van der Waals surface area (Å²) in [6, 6.07) is 8.45. The Morgan fingerprint density at radius 2 is 1.95 bits per heavy atom. The molecule has 0 unspecified atom stereocenters. The predicted molar refractivity (Wildman–Crippen MR) is 91.4 cm³/mol. The molecule has 0 aromatic heterocycles. The number of unbranched alkanes of at least 4 members (excludes halogenated alkanes) is 4. The summed E-state index contributed by atoms with van der Waals surface area (Å²) in [6.07, 6.45) is 9.21. The van der Waals surface area contributed by atoms with E-state index in [1.165, 1.54) is 44.1 Å². The molecule has 0 aliphatic carbocycles. The van der Waals surface area contributed by atoms with Crippen LogP contribution >= 0.6 is 0 Å². The van der Waals surface area contributed by atoms with E-state index in [9.17, 15) is 0 Å². The molecule has 1 saturated heterocycles. The van der Waals surface area contributed by atoms with Crippen molar-refractivity contribution in [2.75, 3.05) is 19.8 Å². The van der Waals surface area contributed by atoms with E-state index in [1.54, 1.807) is 0 Å². The van der Waals surface area contributed by atoms with Gasteiger partial charge in [-0.1, -0.05) is 44.7 Å². The van der Waals surface area contributed by atoms with Crippen molar-refractivity contribution >= 4 is 0 Å². The third-order valence-corrected chi connectivity index (χ3v) is 4.17. The largest absolute Gasteiger partial charge is 0.494 e. The average molecular weight is 305 g/mol. The minimum atomic E-state index is 0.412. The third-order valence-electron chi connectivity index (χ3n) is 4.17. The zero-order valence-electron chi connectivity index (χ0n) is 14.0. The Balaban J connectivity index is 1.56. The number of hydrogen-bond donors (Lipinski definition) is 1. The summed E-state index contributed by atoms with van der Waals surface area (Å²) in [6.45, 7) is 5.86. The van der Waals surface area contributed by atoms with E-state index in [4.69, 9.17) is 9.47 Å². The van der Waals surface area contributed by atoms with Crippen LogP contribution < -0.4 is 10.1 Å². The lowest BCUT2D eigenvalue weighted by Gasteiger charge is -2.11. The van der Waals surface area contributed by atoms with Crippen molar-refractivity contribution in [3.8, 4) is 5.75 Å². The monoisotopic (exact) mass is 305 g/mol. The molecule has 124 valence electrons. The maximum Gasteiger partial charge on any atom is 0.119 e. The van der Waals surface area contributed by atoms with E-state index in [-0.39, 0.29) is 0 Å². The summed E-state index contributed by atoms with van der Waals surface area (Å²) in [7, 11) is 0. The van der Waals surface area contributed by atoms with Crippen LogP contribution in [0.1, 0.15) is 57.4 Å². The lowest BCUT2D eigenvalue weighted by Crippen LogP contribution is -2.25. The molecule has 0 bridgehead atoms. The maximum absolute atomic E-state index is 5.79. The van der Waals surface area contributed by atoms with E-state index in [2.05, 4.69) is 36.5 Å². The maximum atomic E-state index is 5.79. The Bertz CT molecular complexity index is 385. The fraction of sp³-hybridized carbons (Fsp3) is 0.684. The molecule has 0 saturated carbocycles. The van der Waals surface area contributed by atoms with Crippen molar-refractivity contribution in [2.45, 2.75) is 64.5 Å². The van der Waals surface area contributed by atoms with Crippen molar-refractivity contribution < 1.29 is 9.47 Å². The summed E-state index contributed by atoms with van der Waals surface area (Å²) in [5.41, 5.74) is 1.30. The number of ether oxygens (including phenoxy) is 2. The van der Waals surface area contributed by atoms with Crippen LogP contribution in [0.5, 0.6) is 5.75 Å². The molecular formula is C19H31NO2. The first kappa shape index (κ1) is 17.3. The summed E-state index contributed by atoms with van der Waals surface area (Å²) < 4.78 is 11.4. The third kappa shape index (κ3) is 6.80. The van der Waals surface area contributed by atoms with Gasteiger partial charge in [-0.25, -0.2) is 0 Å². The first-order chi connectivity index (χ1) is 10.9. The van der Waals surface area contributed by atoms with Gasteiger partial charge in [-0.15, -0.1) is 0 Å². The molecule has 1 aliphatic rings. The standard InChI is InChI=1S/C19H31NO2/c1-2-3-4-5-6-13-21-18-11-9-17(10-12-18)15-20-16-19-8-7-14-22-19/h9-12,19-20H,2-8,13-16H2,1H3/t19-/m0/s1. The van der Waals surface area contributed by atoms with E-state index in [1.807, 2.05) is 0 Å². The zero-order chi connectivity index (χ0) is 15.5. The topological polar surface area (TPSA) is 30.5 Å². The fourth-order valence-electron chi connectivity index (χ4n) is 2.78. The van der Waals surface area contributed by atoms with Crippen LogP contribution in [-0.2, 0) is 11.3 Å². The van der Waals surface area contributed by atoms with Gasteiger partial charge in [0.15, 0.2) is 0 Å². The molecule has 0 spiro atoms. The molecule has 1 heterocycles. The minimum absolute atomic E-state index is 0.412. The normalized spacial score (nSPS) is 17.8. The van der Waals surface area contributed by atoms with Crippen molar-refractivity contribution in [3.63, 3.8) is 0 Å². The van der Waals surface area contributed by atoms with Crippen LogP contribution in [0.25, 0.3) is 0 Å². The molecule has 3 heteroatoms. The summed E-state index contributed by atoms with van der Waals surface area (Å²) in [5.74, 6) is 0.985. The number of benzene rings is 1. The van der Waals surface area contributed by atoms with Crippen LogP contribution in [0, 0.1) is 0 Å². The Labute approximate surface area is 135 Å². The Morgan fingerprint density at radius 3 is 2.68 bits per heavy atom. The quantitative estimate of drug-likeness (QED) is 0.618. The second-order valence-corrected chi connectivity index (χ2v) is 6.17. The van der Waals surface area contributed by atoms with Gasteiger partial charge in [0, 0.05) is 19.7 Å². The molecule has 1 aromatic carbocycles. The zero-order valence-corrected chi connectivity index (χ0v) is 14.0. The van der Waals surface area contributed by atoms with Gasteiger partial charge in [-0.2, -0.15) is 0 Å². The van der Waals surface area contributed by atoms with Crippen LogP contribution in [0.3, 0.4) is 0 Å². The molecule has 0 amide bonds. The highest BCUT2D eigenvalue weighted by Crippen LogP contribution is 2.14. The van der Waals surface area contributed by atoms with Crippen molar-refractivity contribution in [3.05, 3.63) is 29.8 Å². The Hall–Kier alpha value is -1.06. The van der Waals surface area contributed by atoms with Crippen LogP contribution in [0.15, 0.2) is 24.3 Å². The van der Waals surface area contributed by atoms with Gasteiger partial charge in [0.2, 0.25) is 0 Å². The van der Waals surface area contributed by atoms with Gasteiger partial charge in [0.05, 0.1) is 12.7 Å². The molecule has 1 fully saturated rings.